The molecular formula is C17H27N. The Bertz CT molecular complexity index is 340. The van der Waals surface area contributed by atoms with Gasteiger partial charge in [-0.3, -0.25) is 4.90 Å². The number of rotatable bonds is 5. The molecule has 1 nitrogen and oxygen atoms in total. The van der Waals surface area contributed by atoms with Crippen molar-refractivity contribution in [1.82, 2.24) is 4.90 Å². The zero-order valence-corrected chi connectivity index (χ0v) is 12.0. The van der Waals surface area contributed by atoms with Crippen molar-refractivity contribution in [3.8, 4) is 0 Å². The molecule has 1 unspecified atom stereocenters. The van der Waals surface area contributed by atoms with Gasteiger partial charge in [0.15, 0.2) is 0 Å². The third-order valence-electron chi connectivity index (χ3n) is 4.34. The average molecular weight is 245 g/mol. The van der Waals surface area contributed by atoms with Crippen LogP contribution in [0.15, 0.2) is 30.3 Å². The van der Waals surface area contributed by atoms with Gasteiger partial charge in [0.05, 0.1) is 0 Å². The summed E-state index contributed by atoms with van der Waals surface area (Å²) in [6.07, 6.45) is 7.97. The number of benzene rings is 1. The van der Waals surface area contributed by atoms with Crippen LogP contribution >= 0.6 is 0 Å². The molecule has 0 aromatic heterocycles. The molecule has 0 N–H and O–H groups in total. The Morgan fingerprint density at radius 3 is 2.33 bits per heavy atom. The van der Waals surface area contributed by atoms with Crippen molar-refractivity contribution in [2.24, 2.45) is 0 Å². The third-order valence-corrected chi connectivity index (χ3v) is 4.34. The van der Waals surface area contributed by atoms with Crippen LogP contribution < -0.4 is 0 Å². The van der Waals surface area contributed by atoms with Crippen molar-refractivity contribution in [3.05, 3.63) is 35.9 Å². The lowest BCUT2D eigenvalue weighted by Crippen LogP contribution is -2.50. The lowest BCUT2D eigenvalue weighted by molar-refractivity contribution is 0.0721. The van der Waals surface area contributed by atoms with E-state index >= 15 is 0 Å². The molecule has 0 saturated carbocycles. The molecule has 1 saturated heterocycles. The van der Waals surface area contributed by atoms with Crippen molar-refractivity contribution in [2.75, 3.05) is 13.1 Å². The van der Waals surface area contributed by atoms with E-state index in [-0.39, 0.29) is 0 Å². The molecular weight excluding hydrogens is 218 g/mol. The molecule has 18 heavy (non-hydrogen) atoms. The van der Waals surface area contributed by atoms with Crippen LogP contribution in [0.5, 0.6) is 0 Å². The molecule has 0 aliphatic carbocycles. The van der Waals surface area contributed by atoms with E-state index in [0.29, 0.717) is 5.54 Å². The fraction of sp³-hybridized carbons (Fsp3) is 0.647. The van der Waals surface area contributed by atoms with E-state index in [2.05, 4.69) is 49.1 Å². The fourth-order valence-electron chi connectivity index (χ4n) is 3.37. The smallest absolute Gasteiger partial charge is 0.0221 e. The highest BCUT2D eigenvalue weighted by Crippen LogP contribution is 2.29. The highest BCUT2D eigenvalue weighted by Gasteiger charge is 2.31. The van der Waals surface area contributed by atoms with E-state index in [0.717, 1.165) is 0 Å². The first-order chi connectivity index (χ1) is 8.74. The van der Waals surface area contributed by atoms with E-state index in [9.17, 15) is 0 Å². The Morgan fingerprint density at radius 2 is 1.72 bits per heavy atom. The molecule has 1 aromatic rings. The molecule has 1 atom stereocenters. The second-order valence-corrected chi connectivity index (χ2v) is 5.96. The van der Waals surface area contributed by atoms with Crippen molar-refractivity contribution < 1.29 is 0 Å². The second kappa shape index (κ2) is 6.38. The van der Waals surface area contributed by atoms with Gasteiger partial charge in [-0.1, -0.05) is 50.1 Å². The van der Waals surface area contributed by atoms with Gasteiger partial charge in [0.1, 0.15) is 0 Å². The van der Waals surface area contributed by atoms with E-state index < -0.39 is 0 Å². The molecule has 1 heteroatoms. The molecule has 1 heterocycles. The van der Waals surface area contributed by atoms with Crippen LogP contribution in [0.3, 0.4) is 0 Å². The Morgan fingerprint density at radius 1 is 1.06 bits per heavy atom. The summed E-state index contributed by atoms with van der Waals surface area (Å²) in [6, 6.07) is 11.0. The summed E-state index contributed by atoms with van der Waals surface area (Å²) in [4.78, 5) is 2.74. The first kappa shape index (κ1) is 13.6. The Hall–Kier alpha value is -0.820. The SMILES string of the molecule is CCCC(C)(Cc1ccccc1)N1CCCCC1. The van der Waals surface area contributed by atoms with Gasteiger partial charge in [-0.05, 0) is 51.3 Å². The minimum Gasteiger partial charge on any atom is -0.298 e. The topological polar surface area (TPSA) is 3.24 Å². The van der Waals surface area contributed by atoms with Gasteiger partial charge in [0.2, 0.25) is 0 Å². The van der Waals surface area contributed by atoms with Crippen LogP contribution in [0.2, 0.25) is 0 Å². The molecule has 0 radical (unpaired) electrons. The number of hydrogen-bond donors (Lipinski definition) is 0. The van der Waals surface area contributed by atoms with E-state index in [1.807, 2.05) is 0 Å². The first-order valence-corrected chi connectivity index (χ1v) is 7.53. The number of hydrogen-bond acceptors (Lipinski definition) is 1. The molecule has 0 spiro atoms. The number of nitrogens with zero attached hydrogens (tertiary/aromatic N) is 1. The summed E-state index contributed by atoms with van der Waals surface area (Å²) in [7, 11) is 0. The van der Waals surface area contributed by atoms with E-state index in [1.54, 1.807) is 0 Å². The summed E-state index contributed by atoms with van der Waals surface area (Å²) < 4.78 is 0. The highest BCUT2D eigenvalue weighted by atomic mass is 15.2. The maximum atomic E-state index is 2.74. The number of piperidine rings is 1. The molecule has 100 valence electrons. The van der Waals surface area contributed by atoms with Crippen molar-refractivity contribution >= 4 is 0 Å². The van der Waals surface area contributed by atoms with Crippen LogP contribution in [0.1, 0.15) is 51.5 Å². The van der Waals surface area contributed by atoms with Gasteiger partial charge in [-0.15, -0.1) is 0 Å². The lowest BCUT2D eigenvalue weighted by Gasteiger charge is -2.44. The average Bonchev–Trinajstić information content (AvgIpc) is 2.41. The standard InChI is InChI=1S/C17H27N/c1-3-12-17(2,18-13-8-5-9-14-18)15-16-10-6-4-7-11-16/h4,6-7,10-11H,3,5,8-9,12-15H2,1-2H3. The van der Waals surface area contributed by atoms with Gasteiger partial charge in [0.25, 0.3) is 0 Å². The highest BCUT2D eigenvalue weighted by molar-refractivity contribution is 5.17. The normalized spacial score (nSPS) is 20.6. The van der Waals surface area contributed by atoms with Crippen molar-refractivity contribution in [2.45, 2.75) is 57.9 Å². The zero-order valence-electron chi connectivity index (χ0n) is 12.0. The predicted molar refractivity (Wildman–Crippen MR) is 78.9 cm³/mol. The van der Waals surface area contributed by atoms with E-state index in [1.165, 1.54) is 57.2 Å². The zero-order chi connectivity index (χ0) is 12.8. The van der Waals surface area contributed by atoms with E-state index in [4.69, 9.17) is 0 Å². The Kier molecular flexibility index (Phi) is 4.82. The molecule has 2 rings (SSSR count). The minimum absolute atomic E-state index is 0.358. The predicted octanol–water partition coefficient (Wildman–Crippen LogP) is 4.27. The molecule has 0 bridgehead atoms. The molecule has 0 amide bonds. The lowest BCUT2D eigenvalue weighted by atomic mass is 9.85. The van der Waals surface area contributed by atoms with Crippen LogP contribution in [0.4, 0.5) is 0 Å². The second-order valence-electron chi connectivity index (χ2n) is 5.96. The van der Waals surface area contributed by atoms with Gasteiger partial charge < -0.3 is 0 Å². The summed E-state index contributed by atoms with van der Waals surface area (Å²) in [5.74, 6) is 0. The minimum atomic E-state index is 0.358. The maximum Gasteiger partial charge on any atom is 0.0221 e. The van der Waals surface area contributed by atoms with Gasteiger partial charge in [-0.2, -0.15) is 0 Å². The largest absolute Gasteiger partial charge is 0.298 e. The van der Waals surface area contributed by atoms with Crippen LogP contribution in [-0.4, -0.2) is 23.5 Å². The molecule has 1 aromatic carbocycles. The van der Waals surface area contributed by atoms with Gasteiger partial charge >= 0.3 is 0 Å². The van der Waals surface area contributed by atoms with Crippen LogP contribution in [0.25, 0.3) is 0 Å². The monoisotopic (exact) mass is 245 g/mol. The van der Waals surface area contributed by atoms with Gasteiger partial charge in [0, 0.05) is 5.54 Å². The Balaban J connectivity index is 2.09. The maximum absolute atomic E-state index is 2.74. The third kappa shape index (κ3) is 3.35. The molecule has 1 fully saturated rings. The van der Waals surface area contributed by atoms with Gasteiger partial charge in [-0.25, -0.2) is 0 Å². The molecule has 1 aliphatic heterocycles. The summed E-state index contributed by atoms with van der Waals surface area (Å²) in [5, 5.41) is 0. The Labute approximate surface area is 112 Å². The summed E-state index contributed by atoms with van der Waals surface area (Å²) in [6.45, 7) is 7.37. The quantitative estimate of drug-likeness (QED) is 0.748. The number of likely N-dealkylation sites (tertiary alicyclic amines) is 1. The van der Waals surface area contributed by atoms with Crippen molar-refractivity contribution in [3.63, 3.8) is 0 Å². The first-order valence-electron chi connectivity index (χ1n) is 7.53. The summed E-state index contributed by atoms with van der Waals surface area (Å²) >= 11 is 0. The van der Waals surface area contributed by atoms with Crippen LogP contribution in [-0.2, 0) is 6.42 Å². The summed E-state index contributed by atoms with van der Waals surface area (Å²) in [5.41, 5.74) is 1.84. The fourth-order valence-corrected chi connectivity index (χ4v) is 3.37. The van der Waals surface area contributed by atoms with Crippen LogP contribution in [0, 0.1) is 0 Å². The molecule has 1 aliphatic rings. The van der Waals surface area contributed by atoms with Crippen molar-refractivity contribution in [1.29, 1.82) is 0 Å².